The molecule has 7 nitrogen and oxygen atoms in total. The molecule has 0 aromatic carbocycles. The predicted octanol–water partition coefficient (Wildman–Crippen LogP) is 0.135. The van der Waals surface area contributed by atoms with Crippen LogP contribution in [0.25, 0.3) is 0 Å². The molecule has 15 heavy (non-hydrogen) atoms. The van der Waals surface area contributed by atoms with Crippen LogP contribution in [0, 0.1) is 5.41 Å². The summed E-state index contributed by atoms with van der Waals surface area (Å²) in [6.07, 6.45) is -1.50. The summed E-state index contributed by atoms with van der Waals surface area (Å²) in [5, 5.41) is 23.8. The highest BCUT2D eigenvalue weighted by atomic mass is 31.2. The average molecular weight is 238 g/mol. The Kier molecular flexibility index (Phi) is 5.35. The van der Waals surface area contributed by atoms with Gasteiger partial charge in [0.25, 0.3) is 0 Å². The Balaban J connectivity index is 4.13. The zero-order valence-corrected chi connectivity index (χ0v) is 8.78. The van der Waals surface area contributed by atoms with Crippen LogP contribution in [-0.4, -0.2) is 43.6 Å². The van der Waals surface area contributed by atoms with Gasteiger partial charge in [0.2, 0.25) is 5.45 Å². The monoisotopic (exact) mass is 238 g/mol. The maximum atomic E-state index is 10.2. The predicted molar refractivity (Wildman–Crippen MR) is 53.1 cm³/mol. The molecule has 0 saturated carbocycles. The summed E-state index contributed by atoms with van der Waals surface area (Å²) >= 11 is 0. The first-order chi connectivity index (χ1) is 6.75. The van der Waals surface area contributed by atoms with Crippen LogP contribution in [0.4, 0.5) is 0 Å². The minimum Gasteiger partial charge on any atom is -0.481 e. The minimum atomic E-state index is -3.70. The van der Waals surface area contributed by atoms with Crippen LogP contribution in [0.15, 0.2) is 0 Å². The van der Waals surface area contributed by atoms with Gasteiger partial charge < -0.3 is 10.2 Å². The highest BCUT2D eigenvalue weighted by Gasteiger charge is 2.40. The van der Waals surface area contributed by atoms with Gasteiger partial charge in [0.1, 0.15) is 6.16 Å². The van der Waals surface area contributed by atoms with Crippen molar-refractivity contribution in [2.75, 3.05) is 6.16 Å². The highest BCUT2D eigenvalue weighted by Crippen LogP contribution is 2.52. The van der Waals surface area contributed by atoms with E-state index in [1.54, 1.807) is 0 Å². The lowest BCUT2D eigenvalue weighted by Crippen LogP contribution is -2.13. The van der Waals surface area contributed by atoms with E-state index in [9.17, 15) is 19.4 Å². The van der Waals surface area contributed by atoms with Crippen molar-refractivity contribution in [3.05, 3.63) is 0 Å². The van der Waals surface area contributed by atoms with Crippen LogP contribution in [0.1, 0.15) is 19.3 Å². The largest absolute Gasteiger partial charge is 0.481 e. The lowest BCUT2D eigenvalue weighted by molar-refractivity contribution is -0.137. The summed E-state index contributed by atoms with van der Waals surface area (Å²) in [5.41, 5.74) is -0.480. The summed E-state index contributed by atoms with van der Waals surface area (Å²) in [7, 11) is -3.70. The number of carbonyl (C=O) groups is 2. The number of nitrogens with one attached hydrogen (secondary N) is 1. The molecule has 0 aromatic heterocycles. The van der Waals surface area contributed by atoms with Crippen molar-refractivity contribution in [1.29, 1.82) is 5.41 Å². The van der Waals surface area contributed by atoms with Gasteiger partial charge in [-0.2, -0.15) is 0 Å². The molecule has 0 aliphatic heterocycles. The Hall–Kier alpha value is -1.04. The zero-order valence-electron chi connectivity index (χ0n) is 7.88. The second-order valence-electron chi connectivity index (χ2n) is 2.94. The Morgan fingerprint density at radius 1 is 1.00 bits per heavy atom. The summed E-state index contributed by atoms with van der Waals surface area (Å²) in [6.45, 7) is 0. The van der Waals surface area contributed by atoms with E-state index in [2.05, 4.69) is 0 Å². The Morgan fingerprint density at radius 2 is 1.47 bits per heavy atom. The molecule has 86 valence electrons. The molecule has 0 heterocycles. The molecule has 0 aliphatic carbocycles. The molecule has 0 unspecified atom stereocenters. The SMILES string of the molecule is N=C(CCC(=O)O)[P+](O)(O)CCC(=O)O. The second-order valence-corrected chi connectivity index (χ2v) is 5.39. The van der Waals surface area contributed by atoms with E-state index in [0.717, 1.165) is 0 Å². The number of rotatable bonds is 7. The van der Waals surface area contributed by atoms with Gasteiger partial charge in [-0.15, -0.1) is 0 Å². The van der Waals surface area contributed by atoms with Gasteiger partial charge in [-0.25, -0.2) is 9.79 Å². The standard InChI is InChI=1S/C7H12NO6P/c8-5(1-2-6(9)10)15(13,14)4-3-7(11)12/h8,13-14H,1-4H2,(H-,9,10,11,12)/p+1. The van der Waals surface area contributed by atoms with E-state index in [1.807, 2.05) is 0 Å². The molecule has 0 saturated heterocycles. The van der Waals surface area contributed by atoms with Gasteiger partial charge in [-0.05, 0) is 0 Å². The summed E-state index contributed by atoms with van der Waals surface area (Å²) < 4.78 is 0. The molecule has 0 radical (unpaired) electrons. The third kappa shape index (κ3) is 6.11. The van der Waals surface area contributed by atoms with Gasteiger partial charge in [-0.3, -0.25) is 15.0 Å². The van der Waals surface area contributed by atoms with Crippen LogP contribution in [-0.2, 0) is 9.59 Å². The highest BCUT2D eigenvalue weighted by molar-refractivity contribution is 7.81. The molecule has 0 aromatic rings. The van der Waals surface area contributed by atoms with Gasteiger partial charge in [0.05, 0.1) is 12.8 Å². The van der Waals surface area contributed by atoms with Gasteiger partial charge in [-0.1, -0.05) is 0 Å². The van der Waals surface area contributed by atoms with Crippen LogP contribution in [0.2, 0.25) is 0 Å². The molecular weight excluding hydrogens is 225 g/mol. The number of carboxylic acids is 2. The van der Waals surface area contributed by atoms with Crippen molar-refractivity contribution in [3.63, 3.8) is 0 Å². The lowest BCUT2D eigenvalue weighted by atomic mass is 10.3. The maximum absolute atomic E-state index is 10.2. The lowest BCUT2D eigenvalue weighted by Gasteiger charge is -2.10. The molecule has 0 aliphatic rings. The van der Waals surface area contributed by atoms with Crippen LogP contribution < -0.4 is 0 Å². The third-order valence-corrected chi connectivity index (χ3v) is 3.58. The molecule has 0 rings (SSSR count). The van der Waals surface area contributed by atoms with Crippen molar-refractivity contribution in [2.45, 2.75) is 19.3 Å². The van der Waals surface area contributed by atoms with Crippen LogP contribution in [0.3, 0.4) is 0 Å². The van der Waals surface area contributed by atoms with Crippen molar-refractivity contribution >= 4 is 25.1 Å². The van der Waals surface area contributed by atoms with E-state index >= 15 is 0 Å². The molecule has 5 N–H and O–H groups in total. The fraction of sp³-hybridized carbons (Fsp3) is 0.571. The topological polar surface area (TPSA) is 139 Å². The molecular formula is C7H13NO6P+. The van der Waals surface area contributed by atoms with Crippen molar-refractivity contribution in [3.8, 4) is 0 Å². The number of aliphatic carboxylic acids is 2. The fourth-order valence-electron chi connectivity index (χ4n) is 0.791. The van der Waals surface area contributed by atoms with Crippen LogP contribution in [0.5, 0.6) is 0 Å². The minimum absolute atomic E-state index is 0.268. The van der Waals surface area contributed by atoms with E-state index in [-0.39, 0.29) is 12.8 Å². The Labute approximate surface area is 86.4 Å². The Bertz CT molecular complexity index is 277. The molecule has 8 heteroatoms. The molecule has 0 amide bonds. The molecule has 0 fully saturated rings. The van der Waals surface area contributed by atoms with Crippen LogP contribution >= 0.6 is 7.72 Å². The fourth-order valence-corrected chi connectivity index (χ4v) is 2.03. The smallest absolute Gasteiger partial charge is 0.314 e. The number of hydrogen-bond acceptors (Lipinski definition) is 5. The number of hydrogen-bond donors (Lipinski definition) is 5. The third-order valence-electron chi connectivity index (χ3n) is 1.65. The van der Waals surface area contributed by atoms with Gasteiger partial charge in [0, 0.05) is 6.42 Å². The van der Waals surface area contributed by atoms with E-state index < -0.39 is 37.7 Å². The van der Waals surface area contributed by atoms with E-state index in [0.29, 0.717) is 0 Å². The molecule has 0 atom stereocenters. The second kappa shape index (κ2) is 5.75. The summed E-state index contributed by atoms with van der Waals surface area (Å²) in [4.78, 5) is 39.0. The number of carboxylic acid groups (broad SMARTS) is 2. The maximum Gasteiger partial charge on any atom is 0.314 e. The first-order valence-corrected chi connectivity index (χ1v) is 5.99. The van der Waals surface area contributed by atoms with E-state index in [4.69, 9.17) is 15.6 Å². The summed E-state index contributed by atoms with van der Waals surface area (Å²) in [6, 6.07) is 0. The van der Waals surface area contributed by atoms with E-state index in [1.165, 1.54) is 0 Å². The summed E-state index contributed by atoms with van der Waals surface area (Å²) in [5.74, 6) is -2.33. The normalized spacial score (nSPS) is 11.1. The average Bonchev–Trinajstić information content (AvgIpc) is 2.11. The quantitative estimate of drug-likeness (QED) is 0.315. The van der Waals surface area contributed by atoms with Crippen molar-refractivity contribution in [1.82, 2.24) is 0 Å². The van der Waals surface area contributed by atoms with Crippen molar-refractivity contribution < 1.29 is 29.6 Å². The molecule has 0 bridgehead atoms. The Morgan fingerprint density at radius 3 is 1.87 bits per heavy atom. The molecule has 0 spiro atoms. The van der Waals surface area contributed by atoms with Gasteiger partial charge >= 0.3 is 19.7 Å². The first kappa shape index (κ1) is 14.0. The van der Waals surface area contributed by atoms with Crippen molar-refractivity contribution in [2.24, 2.45) is 0 Å². The zero-order chi connectivity index (χ0) is 12.1. The van der Waals surface area contributed by atoms with Gasteiger partial charge in [0.15, 0.2) is 0 Å². The first-order valence-electron chi connectivity index (χ1n) is 4.11.